The minimum Gasteiger partial charge on any atom is -0.271 e. The van der Waals surface area contributed by atoms with E-state index in [1.165, 1.54) is 12.1 Å². The summed E-state index contributed by atoms with van der Waals surface area (Å²) in [5.74, 6) is 5.15. The van der Waals surface area contributed by atoms with Crippen molar-refractivity contribution in [2.24, 2.45) is 5.84 Å². The van der Waals surface area contributed by atoms with Gasteiger partial charge in [-0.05, 0) is 36.6 Å². The number of hydrazine groups is 1. The van der Waals surface area contributed by atoms with E-state index in [1.54, 1.807) is 12.1 Å². The Labute approximate surface area is 97.5 Å². The van der Waals surface area contributed by atoms with E-state index in [0.29, 0.717) is 6.42 Å². The van der Waals surface area contributed by atoms with Crippen molar-refractivity contribution in [3.05, 3.63) is 46.7 Å². The summed E-state index contributed by atoms with van der Waals surface area (Å²) in [5, 5.41) is 0. The van der Waals surface area contributed by atoms with Crippen molar-refractivity contribution >= 4 is 15.9 Å². The number of rotatable bonds is 5. The maximum Gasteiger partial charge on any atom is 0.123 e. The maximum absolute atomic E-state index is 13.0. The van der Waals surface area contributed by atoms with Crippen molar-refractivity contribution in [2.75, 3.05) is 0 Å². The van der Waals surface area contributed by atoms with Crippen LogP contribution in [0.15, 0.2) is 35.3 Å². The zero-order valence-electron chi connectivity index (χ0n) is 8.34. The smallest absolute Gasteiger partial charge is 0.123 e. The van der Waals surface area contributed by atoms with Gasteiger partial charge in [0.05, 0.1) is 0 Å². The van der Waals surface area contributed by atoms with Gasteiger partial charge in [0.2, 0.25) is 0 Å². The Morgan fingerprint density at radius 3 is 2.93 bits per heavy atom. The highest BCUT2D eigenvalue weighted by Crippen LogP contribution is 2.19. The third kappa shape index (κ3) is 3.74. The Morgan fingerprint density at radius 1 is 1.60 bits per heavy atom. The average Bonchev–Trinajstić information content (AvgIpc) is 2.22. The zero-order chi connectivity index (χ0) is 11.3. The second-order valence-electron chi connectivity index (χ2n) is 3.33. The van der Waals surface area contributed by atoms with Crippen molar-refractivity contribution < 1.29 is 4.39 Å². The average molecular weight is 273 g/mol. The maximum atomic E-state index is 13.0. The summed E-state index contributed by atoms with van der Waals surface area (Å²) in [6, 6.07) is 4.72. The molecule has 0 aliphatic carbocycles. The fraction of sp³-hybridized carbons (Fsp3) is 0.273. The monoisotopic (exact) mass is 272 g/mol. The highest BCUT2D eigenvalue weighted by atomic mass is 79.9. The van der Waals surface area contributed by atoms with Gasteiger partial charge in [-0.2, -0.15) is 0 Å². The second kappa shape index (κ2) is 6.00. The molecule has 1 aromatic carbocycles. The van der Waals surface area contributed by atoms with E-state index in [2.05, 4.69) is 27.9 Å². The minimum absolute atomic E-state index is 0.0839. The molecule has 1 rings (SSSR count). The summed E-state index contributed by atoms with van der Waals surface area (Å²) in [6.07, 6.45) is 3.21. The molecule has 1 unspecified atom stereocenters. The molecule has 3 N–H and O–H groups in total. The lowest BCUT2D eigenvalue weighted by molar-refractivity contribution is 0.528. The summed E-state index contributed by atoms with van der Waals surface area (Å²) >= 11 is 3.38. The molecule has 1 atom stereocenters. The molecule has 0 saturated heterocycles. The topological polar surface area (TPSA) is 38.0 Å². The van der Waals surface area contributed by atoms with Gasteiger partial charge in [-0.25, -0.2) is 4.39 Å². The Kier molecular flexibility index (Phi) is 4.94. The summed E-state index contributed by atoms with van der Waals surface area (Å²) in [4.78, 5) is 0. The quantitative estimate of drug-likeness (QED) is 0.491. The van der Waals surface area contributed by atoms with E-state index in [9.17, 15) is 4.39 Å². The van der Waals surface area contributed by atoms with Crippen LogP contribution in [-0.4, -0.2) is 6.04 Å². The third-order valence-electron chi connectivity index (χ3n) is 2.16. The molecule has 0 aromatic heterocycles. The minimum atomic E-state index is -0.234. The van der Waals surface area contributed by atoms with Crippen LogP contribution in [0.25, 0.3) is 0 Å². The van der Waals surface area contributed by atoms with E-state index in [-0.39, 0.29) is 11.9 Å². The normalized spacial score (nSPS) is 12.5. The third-order valence-corrected chi connectivity index (χ3v) is 2.93. The summed E-state index contributed by atoms with van der Waals surface area (Å²) in [7, 11) is 0. The molecule has 0 aliphatic heterocycles. The first kappa shape index (κ1) is 12.4. The van der Waals surface area contributed by atoms with Crippen LogP contribution in [0.5, 0.6) is 0 Å². The predicted octanol–water partition coefficient (Wildman–Crippen LogP) is 2.54. The van der Waals surface area contributed by atoms with E-state index in [1.807, 2.05) is 0 Å². The number of halogens is 2. The molecule has 82 valence electrons. The number of nitrogens with one attached hydrogen (secondary N) is 1. The van der Waals surface area contributed by atoms with E-state index >= 15 is 0 Å². The van der Waals surface area contributed by atoms with Crippen LogP contribution >= 0.6 is 15.9 Å². The molecule has 0 saturated carbocycles. The molecule has 15 heavy (non-hydrogen) atoms. The molecule has 0 spiro atoms. The van der Waals surface area contributed by atoms with Crippen molar-refractivity contribution in [2.45, 2.75) is 18.9 Å². The number of nitrogens with two attached hydrogens (primary N) is 1. The standard InChI is InChI=1S/C11H14BrFN2/c1-2-3-10(15-14)7-8-6-9(13)4-5-11(8)12/h2,4-6,10,15H,1,3,7,14H2. The van der Waals surface area contributed by atoms with Crippen LogP contribution in [0.3, 0.4) is 0 Å². The van der Waals surface area contributed by atoms with Gasteiger partial charge >= 0.3 is 0 Å². The van der Waals surface area contributed by atoms with Crippen molar-refractivity contribution in [1.29, 1.82) is 0 Å². The van der Waals surface area contributed by atoms with Gasteiger partial charge in [0.25, 0.3) is 0 Å². The lowest BCUT2D eigenvalue weighted by Crippen LogP contribution is -2.36. The molecular formula is C11H14BrFN2. The van der Waals surface area contributed by atoms with Gasteiger partial charge in [-0.15, -0.1) is 6.58 Å². The van der Waals surface area contributed by atoms with Gasteiger partial charge in [0, 0.05) is 10.5 Å². The highest BCUT2D eigenvalue weighted by Gasteiger charge is 2.09. The molecule has 0 radical (unpaired) electrons. The lowest BCUT2D eigenvalue weighted by atomic mass is 10.0. The van der Waals surface area contributed by atoms with Gasteiger partial charge < -0.3 is 0 Å². The van der Waals surface area contributed by atoms with Gasteiger partial charge in [0.15, 0.2) is 0 Å². The van der Waals surface area contributed by atoms with Crippen LogP contribution < -0.4 is 11.3 Å². The Morgan fingerprint density at radius 2 is 2.33 bits per heavy atom. The van der Waals surface area contributed by atoms with Crippen LogP contribution in [0.2, 0.25) is 0 Å². The predicted molar refractivity (Wildman–Crippen MR) is 63.7 cm³/mol. The molecule has 4 heteroatoms. The van der Waals surface area contributed by atoms with Crippen molar-refractivity contribution in [1.82, 2.24) is 5.43 Å². The Hall–Kier alpha value is -0.710. The van der Waals surface area contributed by atoms with Crippen LogP contribution in [0, 0.1) is 5.82 Å². The fourth-order valence-electron chi connectivity index (χ4n) is 1.38. The SMILES string of the molecule is C=CCC(Cc1cc(F)ccc1Br)NN. The van der Waals surface area contributed by atoms with Gasteiger partial charge in [0.1, 0.15) is 5.82 Å². The fourth-order valence-corrected chi connectivity index (χ4v) is 1.79. The zero-order valence-corrected chi connectivity index (χ0v) is 9.93. The van der Waals surface area contributed by atoms with Crippen molar-refractivity contribution in [3.63, 3.8) is 0 Å². The molecule has 0 heterocycles. The highest BCUT2D eigenvalue weighted by molar-refractivity contribution is 9.10. The van der Waals surface area contributed by atoms with Gasteiger partial charge in [-0.1, -0.05) is 22.0 Å². The number of benzene rings is 1. The Bertz CT molecular complexity index is 341. The largest absolute Gasteiger partial charge is 0.271 e. The number of hydrogen-bond donors (Lipinski definition) is 2. The molecule has 0 fully saturated rings. The summed E-state index contributed by atoms with van der Waals surface area (Å²) in [5.41, 5.74) is 3.59. The molecule has 0 bridgehead atoms. The lowest BCUT2D eigenvalue weighted by Gasteiger charge is -2.14. The molecule has 1 aromatic rings. The molecule has 0 aliphatic rings. The molecular weight excluding hydrogens is 259 g/mol. The first-order chi connectivity index (χ1) is 7.17. The van der Waals surface area contributed by atoms with Gasteiger partial charge in [-0.3, -0.25) is 11.3 Å². The first-order valence-corrected chi connectivity index (χ1v) is 5.47. The van der Waals surface area contributed by atoms with E-state index in [0.717, 1.165) is 16.5 Å². The van der Waals surface area contributed by atoms with Crippen LogP contribution in [0.1, 0.15) is 12.0 Å². The van der Waals surface area contributed by atoms with E-state index in [4.69, 9.17) is 5.84 Å². The van der Waals surface area contributed by atoms with Crippen LogP contribution in [0.4, 0.5) is 4.39 Å². The van der Waals surface area contributed by atoms with Crippen LogP contribution in [-0.2, 0) is 6.42 Å². The summed E-state index contributed by atoms with van der Waals surface area (Å²) < 4.78 is 13.9. The Balaban J connectivity index is 2.77. The summed E-state index contributed by atoms with van der Waals surface area (Å²) in [6.45, 7) is 3.65. The number of hydrogen-bond acceptors (Lipinski definition) is 2. The first-order valence-electron chi connectivity index (χ1n) is 4.68. The van der Waals surface area contributed by atoms with Crippen molar-refractivity contribution in [3.8, 4) is 0 Å². The molecule has 0 amide bonds. The van der Waals surface area contributed by atoms with E-state index < -0.39 is 0 Å². The second-order valence-corrected chi connectivity index (χ2v) is 4.18. The molecule has 2 nitrogen and oxygen atoms in total.